The van der Waals surface area contributed by atoms with Crippen LogP contribution in [0.25, 0.3) is 0 Å². The molecule has 2 rings (SSSR count). The second kappa shape index (κ2) is 4.92. The van der Waals surface area contributed by atoms with Crippen LogP contribution < -0.4 is 20.1 Å². The summed E-state index contributed by atoms with van der Waals surface area (Å²) in [6.07, 6.45) is -3.72. The molecule has 0 radical (unpaired) electrons. The van der Waals surface area contributed by atoms with Crippen molar-refractivity contribution in [2.24, 2.45) is 5.92 Å². The van der Waals surface area contributed by atoms with E-state index in [1.54, 1.807) is 12.1 Å². The summed E-state index contributed by atoms with van der Waals surface area (Å²) in [7, 11) is -2.74. The van der Waals surface area contributed by atoms with Crippen LogP contribution >= 0.6 is 7.14 Å². The summed E-state index contributed by atoms with van der Waals surface area (Å²) in [5, 5.41) is 3.30. The summed E-state index contributed by atoms with van der Waals surface area (Å²) >= 11 is 0. The average Bonchev–Trinajstić information content (AvgIpc) is 2.58. The van der Waals surface area contributed by atoms with E-state index in [9.17, 15) is 13.3 Å². The molecule has 0 aliphatic carbocycles. The minimum Gasteiger partial charge on any atom is -0.394 e. The molecule has 0 aromatic heterocycles. The van der Waals surface area contributed by atoms with Crippen molar-refractivity contribution in [2.75, 3.05) is 25.2 Å². The number of nitrogens with one attached hydrogen (secondary N) is 1. The molecule has 0 unspecified atom stereocenters. The van der Waals surface area contributed by atoms with Crippen molar-refractivity contribution in [3.63, 3.8) is 0 Å². The van der Waals surface area contributed by atoms with E-state index in [1.807, 2.05) is 13.8 Å². The number of benzene rings is 1. The van der Waals surface area contributed by atoms with Crippen LogP contribution in [0.1, 0.15) is 13.8 Å². The van der Waals surface area contributed by atoms with Gasteiger partial charge in [-0.2, -0.15) is 0 Å². The van der Waals surface area contributed by atoms with E-state index in [0.29, 0.717) is 18.2 Å². The highest BCUT2D eigenvalue weighted by Crippen LogP contribution is 2.50. The number of hydrogen-bond acceptors (Lipinski definition) is 4. The second-order valence-corrected chi connectivity index (χ2v) is 8.77. The van der Waals surface area contributed by atoms with E-state index in [0.717, 1.165) is 0 Å². The van der Waals surface area contributed by atoms with Crippen LogP contribution in [0, 0.1) is 5.92 Å². The Kier molecular flexibility index (Phi) is 3.71. The smallest absolute Gasteiger partial charge is 0.394 e. The van der Waals surface area contributed by atoms with Crippen molar-refractivity contribution < 1.29 is 22.8 Å². The van der Waals surface area contributed by atoms with Gasteiger partial charge in [-0.25, -0.2) is 0 Å². The molecular formula is C13H18F2NO3P. The number of anilines is 1. The lowest BCUT2D eigenvalue weighted by molar-refractivity contribution is -0.286. The second-order valence-electron chi connectivity index (χ2n) is 5.58. The standard InChI is InChI=1S/C13H18F2NO3P/c1-8(2)7-16-9-5-6-10(20(3,4)17)12-11(9)18-13(14,15)19-12/h5-6,8,16H,7H2,1-4H3. The molecule has 1 aliphatic rings. The molecule has 0 fully saturated rings. The maximum atomic E-state index is 13.3. The zero-order valence-electron chi connectivity index (χ0n) is 11.9. The Bertz CT molecular complexity index is 569. The van der Waals surface area contributed by atoms with Crippen LogP contribution in [0.4, 0.5) is 14.5 Å². The molecule has 0 spiro atoms. The quantitative estimate of drug-likeness (QED) is 0.867. The molecule has 112 valence electrons. The highest BCUT2D eigenvalue weighted by Gasteiger charge is 2.47. The summed E-state index contributed by atoms with van der Waals surface area (Å²) in [6.45, 7) is 7.61. The van der Waals surface area contributed by atoms with Gasteiger partial charge in [0.25, 0.3) is 0 Å². The average molecular weight is 305 g/mol. The largest absolute Gasteiger partial charge is 0.586 e. The van der Waals surface area contributed by atoms with Gasteiger partial charge in [0.05, 0.1) is 11.0 Å². The SMILES string of the molecule is CC(C)CNc1ccc(P(C)(C)=O)c2c1OC(F)(F)O2. The molecule has 0 bridgehead atoms. The lowest BCUT2D eigenvalue weighted by Gasteiger charge is -2.14. The van der Waals surface area contributed by atoms with Crippen molar-refractivity contribution in [3.05, 3.63) is 12.1 Å². The number of hydrogen-bond donors (Lipinski definition) is 1. The van der Waals surface area contributed by atoms with Crippen LogP contribution in [-0.2, 0) is 4.57 Å². The minimum atomic E-state index is -3.72. The Hall–Kier alpha value is -1.29. The van der Waals surface area contributed by atoms with Crippen molar-refractivity contribution in [3.8, 4) is 11.5 Å². The van der Waals surface area contributed by atoms with Crippen molar-refractivity contribution in [2.45, 2.75) is 20.1 Å². The summed E-state index contributed by atoms with van der Waals surface area (Å²) in [5.41, 5.74) is 0.420. The lowest BCUT2D eigenvalue weighted by Crippen LogP contribution is -2.27. The van der Waals surface area contributed by atoms with Gasteiger partial charge in [-0.05, 0) is 31.4 Å². The first-order valence-corrected chi connectivity index (χ1v) is 8.92. The molecule has 4 nitrogen and oxygen atoms in total. The van der Waals surface area contributed by atoms with Gasteiger partial charge in [-0.15, -0.1) is 8.78 Å². The highest BCUT2D eigenvalue weighted by molar-refractivity contribution is 7.70. The molecule has 1 aliphatic heterocycles. The fourth-order valence-corrected chi connectivity index (χ4v) is 2.96. The summed E-state index contributed by atoms with van der Waals surface area (Å²) in [5.74, 6) is 0.144. The Morgan fingerprint density at radius 1 is 1.25 bits per heavy atom. The van der Waals surface area contributed by atoms with Gasteiger partial charge in [0, 0.05) is 6.54 Å². The van der Waals surface area contributed by atoms with Gasteiger partial charge < -0.3 is 19.4 Å². The Balaban J connectivity index is 2.45. The fourth-order valence-electron chi connectivity index (χ4n) is 1.89. The maximum Gasteiger partial charge on any atom is 0.586 e. The maximum absolute atomic E-state index is 13.3. The van der Waals surface area contributed by atoms with E-state index in [4.69, 9.17) is 0 Å². The van der Waals surface area contributed by atoms with Crippen LogP contribution in [0.15, 0.2) is 12.1 Å². The first-order valence-electron chi connectivity index (χ1n) is 6.32. The highest BCUT2D eigenvalue weighted by atomic mass is 31.2. The molecule has 1 aromatic rings. The van der Waals surface area contributed by atoms with Crippen LogP contribution in [0.5, 0.6) is 11.5 Å². The predicted molar refractivity (Wildman–Crippen MR) is 75.1 cm³/mol. The molecule has 1 aromatic carbocycles. The van der Waals surface area contributed by atoms with Gasteiger partial charge in [0.15, 0.2) is 11.5 Å². The third-order valence-electron chi connectivity index (χ3n) is 2.81. The fraction of sp³-hybridized carbons (Fsp3) is 0.538. The van der Waals surface area contributed by atoms with E-state index in [2.05, 4.69) is 14.8 Å². The third kappa shape index (κ3) is 3.06. The Morgan fingerprint density at radius 2 is 1.85 bits per heavy atom. The Morgan fingerprint density at radius 3 is 2.40 bits per heavy atom. The number of halogens is 2. The molecule has 1 N–H and O–H groups in total. The summed E-state index contributed by atoms with van der Waals surface area (Å²) in [4.78, 5) is 0. The van der Waals surface area contributed by atoms with Crippen LogP contribution in [0.3, 0.4) is 0 Å². The number of rotatable bonds is 4. The van der Waals surface area contributed by atoms with Gasteiger partial charge in [-0.1, -0.05) is 13.8 Å². The van der Waals surface area contributed by atoms with Gasteiger partial charge in [0.2, 0.25) is 0 Å². The first kappa shape index (κ1) is 15.1. The zero-order valence-corrected chi connectivity index (χ0v) is 12.8. The molecule has 0 saturated carbocycles. The summed E-state index contributed by atoms with van der Waals surface area (Å²) < 4.78 is 47.9. The van der Waals surface area contributed by atoms with Gasteiger partial charge in [0.1, 0.15) is 7.14 Å². The van der Waals surface area contributed by atoms with Crippen molar-refractivity contribution in [1.82, 2.24) is 0 Å². The van der Waals surface area contributed by atoms with Gasteiger partial charge in [-0.3, -0.25) is 0 Å². The van der Waals surface area contributed by atoms with Crippen LogP contribution in [0.2, 0.25) is 0 Å². The molecule has 0 amide bonds. The predicted octanol–water partition coefficient (Wildman–Crippen LogP) is 3.32. The van der Waals surface area contributed by atoms with E-state index < -0.39 is 13.4 Å². The van der Waals surface area contributed by atoms with E-state index >= 15 is 0 Å². The monoisotopic (exact) mass is 305 g/mol. The Labute approximate surface area is 116 Å². The van der Waals surface area contributed by atoms with E-state index in [1.165, 1.54) is 13.3 Å². The first-order chi connectivity index (χ1) is 9.10. The zero-order chi connectivity index (χ0) is 15.1. The molecule has 0 saturated heterocycles. The minimum absolute atomic E-state index is 0.0722. The van der Waals surface area contributed by atoms with Crippen LogP contribution in [-0.4, -0.2) is 26.2 Å². The number of alkyl halides is 2. The topological polar surface area (TPSA) is 47.6 Å². The number of fused-ring (bicyclic) bond motifs is 1. The van der Waals surface area contributed by atoms with Gasteiger partial charge >= 0.3 is 6.29 Å². The van der Waals surface area contributed by atoms with Crippen molar-refractivity contribution >= 4 is 18.1 Å². The molecule has 7 heteroatoms. The third-order valence-corrected chi connectivity index (χ3v) is 4.33. The van der Waals surface area contributed by atoms with E-state index in [-0.39, 0.29) is 16.8 Å². The number of ether oxygens (including phenoxy) is 2. The summed E-state index contributed by atoms with van der Waals surface area (Å²) in [6, 6.07) is 3.15. The lowest BCUT2D eigenvalue weighted by atomic mass is 10.2. The normalized spacial score (nSPS) is 16.6. The molecule has 0 atom stereocenters. The molecule has 20 heavy (non-hydrogen) atoms. The van der Waals surface area contributed by atoms with Crippen molar-refractivity contribution in [1.29, 1.82) is 0 Å². The molecular weight excluding hydrogens is 287 g/mol. The molecule has 1 heterocycles.